The van der Waals surface area contributed by atoms with E-state index < -0.39 is 0 Å². The smallest absolute Gasteiger partial charge is 0.234 e. The first-order valence-electron chi connectivity index (χ1n) is 8.79. The zero-order chi connectivity index (χ0) is 19.5. The summed E-state index contributed by atoms with van der Waals surface area (Å²) >= 11 is 2.96. The van der Waals surface area contributed by atoms with Gasteiger partial charge in [0.25, 0.3) is 0 Å². The largest absolute Gasteiger partial charge is 0.325 e. The molecule has 4 aromatic rings. The molecule has 2 aromatic carbocycles. The van der Waals surface area contributed by atoms with Crippen LogP contribution in [0.2, 0.25) is 0 Å². The van der Waals surface area contributed by atoms with Crippen LogP contribution in [-0.2, 0) is 4.79 Å². The fraction of sp³-hybridized carbons (Fsp3) is 0.143. The number of hydrogen-bond donors (Lipinski definition) is 1. The number of aryl methyl sites for hydroxylation is 2. The molecule has 0 saturated heterocycles. The molecule has 1 N–H and O–H groups in total. The summed E-state index contributed by atoms with van der Waals surface area (Å²) in [6, 6.07) is 17.6. The van der Waals surface area contributed by atoms with Crippen LogP contribution in [0.4, 0.5) is 5.69 Å². The molecule has 140 valence electrons. The Balaban J connectivity index is 1.57. The number of rotatable bonds is 5. The minimum Gasteiger partial charge on any atom is -0.325 e. The lowest BCUT2D eigenvalue weighted by Gasteiger charge is -2.06. The molecule has 0 spiro atoms. The summed E-state index contributed by atoms with van der Waals surface area (Å²) in [6.07, 6.45) is 0. The van der Waals surface area contributed by atoms with Gasteiger partial charge in [0.2, 0.25) is 5.91 Å². The molecule has 0 bridgehead atoms. The van der Waals surface area contributed by atoms with Gasteiger partial charge in [0.1, 0.15) is 16.2 Å². The summed E-state index contributed by atoms with van der Waals surface area (Å²) in [7, 11) is 0. The Bertz CT molecular complexity index is 1120. The summed E-state index contributed by atoms with van der Waals surface area (Å²) in [6.45, 7) is 4.03. The Labute approximate surface area is 171 Å². The molecule has 2 heterocycles. The third-order valence-corrected chi connectivity index (χ3v) is 6.05. The highest BCUT2D eigenvalue weighted by Crippen LogP contribution is 2.35. The lowest BCUT2D eigenvalue weighted by molar-refractivity contribution is -0.113. The van der Waals surface area contributed by atoms with Crippen LogP contribution in [0.25, 0.3) is 21.5 Å². The molecule has 28 heavy (non-hydrogen) atoms. The Morgan fingerprint density at radius 1 is 1.04 bits per heavy atom. The highest BCUT2D eigenvalue weighted by Gasteiger charge is 2.17. The molecule has 0 aliphatic carbocycles. The molecule has 0 aliphatic rings. The van der Waals surface area contributed by atoms with E-state index in [9.17, 15) is 4.79 Å². The van der Waals surface area contributed by atoms with Gasteiger partial charge in [-0.1, -0.05) is 59.8 Å². The predicted octanol–water partition coefficient (Wildman–Crippen LogP) is 5.10. The number of aromatic nitrogens is 3. The second-order valence-corrected chi connectivity index (χ2v) is 8.50. The van der Waals surface area contributed by atoms with E-state index in [1.165, 1.54) is 17.3 Å². The van der Waals surface area contributed by atoms with E-state index in [4.69, 9.17) is 0 Å². The fourth-order valence-electron chi connectivity index (χ4n) is 2.77. The van der Waals surface area contributed by atoms with Crippen LogP contribution < -0.4 is 5.32 Å². The second kappa shape index (κ2) is 8.08. The topological polar surface area (TPSA) is 67.8 Å². The van der Waals surface area contributed by atoms with E-state index >= 15 is 0 Å². The van der Waals surface area contributed by atoms with Gasteiger partial charge in [-0.25, -0.2) is 4.98 Å². The van der Waals surface area contributed by atoms with Gasteiger partial charge in [-0.15, -0.1) is 21.5 Å². The number of carbonyl (C=O) groups is 1. The number of para-hydroxylation sites is 1. The summed E-state index contributed by atoms with van der Waals surface area (Å²) in [5.74, 6) is 0.166. The quantitative estimate of drug-likeness (QED) is 0.467. The number of carbonyl (C=O) groups excluding carboxylic acids is 1. The molecule has 0 radical (unpaired) electrons. The van der Waals surface area contributed by atoms with E-state index in [2.05, 4.69) is 39.6 Å². The zero-order valence-corrected chi connectivity index (χ0v) is 17.1. The van der Waals surface area contributed by atoms with E-state index in [1.54, 1.807) is 11.3 Å². The van der Waals surface area contributed by atoms with Crippen LogP contribution in [0.15, 0.2) is 59.6 Å². The molecule has 0 aliphatic heterocycles. The van der Waals surface area contributed by atoms with Crippen LogP contribution in [0, 0.1) is 13.8 Å². The lowest BCUT2D eigenvalue weighted by Crippen LogP contribution is -2.14. The van der Waals surface area contributed by atoms with Crippen molar-refractivity contribution < 1.29 is 4.79 Å². The average molecular weight is 407 g/mol. The van der Waals surface area contributed by atoms with Crippen molar-refractivity contribution in [3.05, 3.63) is 65.2 Å². The normalized spacial score (nSPS) is 10.9. The summed E-state index contributed by atoms with van der Waals surface area (Å²) < 4.78 is 1.00. The zero-order valence-electron chi connectivity index (χ0n) is 15.5. The van der Waals surface area contributed by atoms with E-state index in [1.807, 2.05) is 49.4 Å². The maximum Gasteiger partial charge on any atom is 0.234 e. The van der Waals surface area contributed by atoms with Gasteiger partial charge < -0.3 is 5.32 Å². The van der Waals surface area contributed by atoms with Crippen molar-refractivity contribution in [1.82, 2.24) is 15.2 Å². The molecular weight excluding hydrogens is 388 g/mol. The van der Waals surface area contributed by atoms with Crippen LogP contribution in [0.3, 0.4) is 0 Å². The van der Waals surface area contributed by atoms with Crippen molar-refractivity contribution in [1.29, 1.82) is 0 Å². The third kappa shape index (κ3) is 4.05. The molecule has 0 unspecified atom stereocenters. The van der Waals surface area contributed by atoms with Crippen molar-refractivity contribution in [3.8, 4) is 11.3 Å². The molecule has 1 amide bonds. The van der Waals surface area contributed by atoms with E-state index in [0.29, 0.717) is 5.03 Å². The second-order valence-electron chi connectivity index (χ2n) is 6.33. The highest BCUT2D eigenvalue weighted by molar-refractivity contribution is 8.00. The molecule has 5 nitrogen and oxygen atoms in total. The van der Waals surface area contributed by atoms with Crippen molar-refractivity contribution in [2.45, 2.75) is 18.9 Å². The van der Waals surface area contributed by atoms with Crippen molar-refractivity contribution >= 4 is 44.9 Å². The third-order valence-electron chi connectivity index (χ3n) is 4.12. The first kappa shape index (κ1) is 18.6. The molecule has 7 heteroatoms. The number of fused-ring (bicyclic) bond motifs is 1. The Kier molecular flexibility index (Phi) is 5.36. The Morgan fingerprint density at radius 3 is 2.54 bits per heavy atom. The maximum atomic E-state index is 12.2. The number of thiazole rings is 1. The number of nitrogens with zero attached hydrogens (tertiary/aromatic N) is 3. The Morgan fingerprint density at radius 2 is 1.79 bits per heavy atom. The molecule has 2 aromatic heterocycles. The summed E-state index contributed by atoms with van der Waals surface area (Å²) in [4.78, 5) is 16.9. The molecule has 0 saturated carbocycles. The number of thioether (sulfide) groups is 1. The van der Waals surface area contributed by atoms with Crippen LogP contribution in [0.5, 0.6) is 0 Å². The molecule has 0 fully saturated rings. The van der Waals surface area contributed by atoms with Gasteiger partial charge in [-0.2, -0.15) is 0 Å². The predicted molar refractivity (Wildman–Crippen MR) is 116 cm³/mol. The van der Waals surface area contributed by atoms with Gasteiger partial charge in [-0.05, 0) is 26.0 Å². The number of benzene rings is 2. The van der Waals surface area contributed by atoms with Crippen molar-refractivity contribution in [2.24, 2.45) is 0 Å². The minimum atomic E-state index is -0.0827. The fourth-order valence-corrected chi connectivity index (χ4v) is 4.48. The molecule has 4 rings (SSSR count). The number of amides is 1. The van der Waals surface area contributed by atoms with Gasteiger partial charge in [0.05, 0.1) is 15.5 Å². The van der Waals surface area contributed by atoms with Crippen molar-refractivity contribution in [3.63, 3.8) is 0 Å². The van der Waals surface area contributed by atoms with Crippen LogP contribution in [-0.4, -0.2) is 26.8 Å². The number of anilines is 1. The maximum absolute atomic E-state index is 12.2. The molecule has 0 atom stereocenters. The average Bonchev–Trinajstić information content (AvgIpc) is 3.09. The van der Waals surface area contributed by atoms with Gasteiger partial charge in [0.15, 0.2) is 0 Å². The monoisotopic (exact) mass is 406 g/mol. The first-order valence-corrected chi connectivity index (χ1v) is 10.6. The van der Waals surface area contributed by atoms with Crippen molar-refractivity contribution in [2.75, 3.05) is 11.1 Å². The van der Waals surface area contributed by atoms with Gasteiger partial charge in [-0.3, -0.25) is 4.79 Å². The van der Waals surface area contributed by atoms with Crippen LogP contribution in [0.1, 0.15) is 10.6 Å². The minimum absolute atomic E-state index is 0.0827. The lowest BCUT2D eigenvalue weighted by atomic mass is 10.1. The first-order chi connectivity index (χ1) is 13.6. The van der Waals surface area contributed by atoms with Crippen LogP contribution >= 0.6 is 23.1 Å². The SMILES string of the molecule is Cc1ccc(-c2nnc(SCC(=O)Nc3ccccc3)c3nc(C)sc23)cc1. The summed E-state index contributed by atoms with van der Waals surface area (Å²) in [5.41, 5.74) is 4.64. The molecular formula is C21H18N4OS2. The number of hydrogen-bond acceptors (Lipinski definition) is 6. The van der Waals surface area contributed by atoms with Gasteiger partial charge in [0, 0.05) is 11.3 Å². The standard InChI is InChI=1S/C21H18N4OS2/c1-13-8-10-15(11-9-13)18-20-19(22-14(2)28-20)21(25-24-18)27-12-17(26)23-16-6-4-3-5-7-16/h3-11H,12H2,1-2H3,(H,23,26). The highest BCUT2D eigenvalue weighted by atomic mass is 32.2. The Hall–Kier alpha value is -2.77. The van der Waals surface area contributed by atoms with E-state index in [-0.39, 0.29) is 11.7 Å². The van der Waals surface area contributed by atoms with E-state index in [0.717, 1.165) is 32.2 Å². The number of nitrogens with one attached hydrogen (secondary N) is 1. The summed E-state index contributed by atoms with van der Waals surface area (Å²) in [5, 5.41) is 13.3. The van der Waals surface area contributed by atoms with Gasteiger partial charge >= 0.3 is 0 Å².